The third kappa shape index (κ3) is 5.28. The molecule has 152 valence electrons. The van der Waals surface area contributed by atoms with Crippen LogP contribution in [0.5, 0.6) is 0 Å². The first kappa shape index (κ1) is 20.7. The summed E-state index contributed by atoms with van der Waals surface area (Å²) >= 11 is 0. The highest BCUT2D eigenvalue weighted by molar-refractivity contribution is 6.13. The van der Waals surface area contributed by atoms with Crippen molar-refractivity contribution in [3.63, 3.8) is 0 Å². The molecular formula is C23H29N5O. The number of hydrogen-bond donors (Lipinski definition) is 1. The number of pyridine rings is 1. The molecule has 1 N–H and O–H groups in total. The van der Waals surface area contributed by atoms with Crippen LogP contribution in [0.4, 0.5) is 5.82 Å². The van der Waals surface area contributed by atoms with Crippen LogP contribution in [0.15, 0.2) is 52.6 Å². The van der Waals surface area contributed by atoms with E-state index in [1.807, 2.05) is 31.3 Å². The molecule has 1 amide bonds. The molecule has 0 bridgehead atoms. The van der Waals surface area contributed by atoms with Crippen molar-refractivity contribution < 1.29 is 4.79 Å². The van der Waals surface area contributed by atoms with Gasteiger partial charge < -0.3 is 10.2 Å². The average molecular weight is 392 g/mol. The minimum Gasteiger partial charge on any atom is -0.356 e. The molecule has 2 aromatic rings. The highest BCUT2D eigenvalue weighted by Crippen LogP contribution is 2.23. The van der Waals surface area contributed by atoms with Gasteiger partial charge in [-0.15, -0.1) is 0 Å². The lowest BCUT2D eigenvalue weighted by molar-refractivity contribution is -0.119. The zero-order valence-corrected chi connectivity index (χ0v) is 17.6. The van der Waals surface area contributed by atoms with Gasteiger partial charge in [0.2, 0.25) is 5.91 Å². The minimum absolute atomic E-state index is 0.0347. The molecule has 1 aromatic carbocycles. The van der Waals surface area contributed by atoms with Gasteiger partial charge in [-0.3, -0.25) is 9.79 Å². The van der Waals surface area contributed by atoms with Gasteiger partial charge in [0.15, 0.2) is 5.84 Å². The van der Waals surface area contributed by atoms with E-state index in [-0.39, 0.29) is 11.9 Å². The number of rotatable bonds is 4. The Balaban J connectivity index is 1.83. The fourth-order valence-electron chi connectivity index (χ4n) is 3.70. The first-order valence-electron chi connectivity index (χ1n) is 10.0. The molecule has 0 spiro atoms. The summed E-state index contributed by atoms with van der Waals surface area (Å²) in [4.78, 5) is 27.5. The van der Waals surface area contributed by atoms with E-state index in [1.165, 1.54) is 5.56 Å². The highest BCUT2D eigenvalue weighted by Gasteiger charge is 2.23. The predicted octanol–water partition coefficient (Wildman–Crippen LogP) is 3.38. The molecule has 0 radical (unpaired) electrons. The van der Waals surface area contributed by atoms with E-state index in [4.69, 9.17) is 4.99 Å². The van der Waals surface area contributed by atoms with Crippen LogP contribution in [-0.2, 0) is 4.79 Å². The molecule has 1 saturated heterocycles. The number of nitrogens with zero attached hydrogens (tertiary/aromatic N) is 4. The molecule has 1 aromatic heterocycles. The van der Waals surface area contributed by atoms with Gasteiger partial charge in [-0.1, -0.05) is 23.8 Å². The number of piperidine rings is 1. The molecule has 1 fully saturated rings. The molecule has 6 heteroatoms. The summed E-state index contributed by atoms with van der Waals surface area (Å²) in [5.41, 5.74) is 4.09. The number of nitrogens with one attached hydrogen (secondary N) is 1. The standard InChI is InChI=1S/C23H29N5O/c1-16-7-5-8-19(15-16)22(24-4)26-17(2)21-9-6-12-25-23(21)28-13-10-20(11-14-28)27-18(3)29/h5-9,12,15,20H,10-11,13-14H2,1-4H3,(H,27,29)/b24-22-,26-17+. The molecule has 29 heavy (non-hydrogen) atoms. The average Bonchev–Trinajstić information content (AvgIpc) is 2.72. The number of aryl methyl sites for hydroxylation is 1. The van der Waals surface area contributed by atoms with Crippen molar-refractivity contribution in [2.75, 3.05) is 25.0 Å². The lowest BCUT2D eigenvalue weighted by atomic mass is 10.0. The summed E-state index contributed by atoms with van der Waals surface area (Å²) in [6, 6.07) is 12.5. The Bertz CT molecular complexity index is 926. The molecule has 0 unspecified atom stereocenters. The van der Waals surface area contributed by atoms with Crippen LogP contribution in [0, 0.1) is 6.92 Å². The van der Waals surface area contributed by atoms with E-state index in [9.17, 15) is 4.79 Å². The second-order valence-corrected chi connectivity index (χ2v) is 7.45. The topological polar surface area (TPSA) is 70.0 Å². The summed E-state index contributed by atoms with van der Waals surface area (Å²) < 4.78 is 0. The Kier molecular flexibility index (Phi) is 6.75. The number of carbonyl (C=O) groups is 1. The summed E-state index contributed by atoms with van der Waals surface area (Å²) in [6.07, 6.45) is 3.65. The Morgan fingerprint density at radius 2 is 1.93 bits per heavy atom. The molecule has 0 atom stereocenters. The number of anilines is 1. The maximum absolute atomic E-state index is 11.3. The van der Waals surface area contributed by atoms with E-state index in [1.54, 1.807) is 14.0 Å². The Labute approximate surface area is 172 Å². The van der Waals surface area contributed by atoms with E-state index in [2.05, 4.69) is 45.3 Å². The third-order valence-electron chi connectivity index (χ3n) is 5.14. The van der Waals surface area contributed by atoms with Crippen molar-refractivity contribution in [2.24, 2.45) is 9.98 Å². The Morgan fingerprint density at radius 1 is 1.17 bits per heavy atom. The van der Waals surface area contributed by atoms with Gasteiger partial charge in [-0.05, 0) is 44.9 Å². The summed E-state index contributed by atoms with van der Waals surface area (Å²) in [6.45, 7) is 7.36. The molecule has 3 rings (SSSR count). The van der Waals surface area contributed by atoms with E-state index in [0.717, 1.165) is 48.6 Å². The van der Waals surface area contributed by atoms with Crippen molar-refractivity contribution >= 4 is 23.3 Å². The highest BCUT2D eigenvalue weighted by atomic mass is 16.1. The fourth-order valence-corrected chi connectivity index (χ4v) is 3.70. The van der Waals surface area contributed by atoms with Crippen molar-refractivity contribution in [1.82, 2.24) is 10.3 Å². The zero-order valence-electron chi connectivity index (χ0n) is 17.6. The van der Waals surface area contributed by atoms with Crippen molar-refractivity contribution in [2.45, 2.75) is 39.7 Å². The van der Waals surface area contributed by atoms with Crippen LogP contribution in [0.3, 0.4) is 0 Å². The first-order chi connectivity index (χ1) is 14.0. The van der Waals surface area contributed by atoms with Crippen LogP contribution in [0.2, 0.25) is 0 Å². The Hall–Kier alpha value is -3.02. The number of carbonyl (C=O) groups excluding carboxylic acids is 1. The number of amides is 1. The normalized spacial score (nSPS) is 16.1. The molecule has 1 aliphatic heterocycles. The minimum atomic E-state index is 0.0347. The van der Waals surface area contributed by atoms with Gasteiger partial charge >= 0.3 is 0 Å². The maximum atomic E-state index is 11.3. The summed E-state index contributed by atoms with van der Waals surface area (Å²) in [5.74, 6) is 1.69. The van der Waals surface area contributed by atoms with Crippen molar-refractivity contribution in [3.05, 3.63) is 59.3 Å². The SMILES string of the molecule is C/N=C(\N=C(/C)c1cccnc1N1CCC(NC(C)=O)CC1)c1cccc(C)c1. The summed E-state index contributed by atoms with van der Waals surface area (Å²) in [7, 11) is 1.77. The molecule has 6 nitrogen and oxygen atoms in total. The largest absolute Gasteiger partial charge is 0.356 e. The lowest BCUT2D eigenvalue weighted by Crippen LogP contribution is -2.44. The van der Waals surface area contributed by atoms with Crippen LogP contribution in [0.25, 0.3) is 0 Å². The second-order valence-electron chi connectivity index (χ2n) is 7.45. The summed E-state index contributed by atoms with van der Waals surface area (Å²) in [5, 5.41) is 3.02. The molecular weight excluding hydrogens is 362 g/mol. The van der Waals surface area contributed by atoms with E-state index >= 15 is 0 Å². The van der Waals surface area contributed by atoms with Gasteiger partial charge in [0, 0.05) is 50.4 Å². The van der Waals surface area contributed by atoms with Crippen LogP contribution < -0.4 is 10.2 Å². The quantitative estimate of drug-likeness (QED) is 0.642. The van der Waals surface area contributed by atoms with E-state index in [0.29, 0.717) is 5.84 Å². The van der Waals surface area contributed by atoms with Crippen molar-refractivity contribution in [1.29, 1.82) is 0 Å². The number of hydrogen-bond acceptors (Lipinski definition) is 4. The second kappa shape index (κ2) is 9.45. The first-order valence-corrected chi connectivity index (χ1v) is 10.0. The van der Waals surface area contributed by atoms with Gasteiger partial charge in [0.05, 0.1) is 5.71 Å². The fraction of sp³-hybridized carbons (Fsp3) is 0.391. The van der Waals surface area contributed by atoms with Crippen molar-refractivity contribution in [3.8, 4) is 0 Å². The van der Waals surface area contributed by atoms with E-state index < -0.39 is 0 Å². The third-order valence-corrected chi connectivity index (χ3v) is 5.14. The molecule has 1 aliphatic rings. The zero-order chi connectivity index (χ0) is 20.8. The molecule has 0 aliphatic carbocycles. The van der Waals surface area contributed by atoms with Crippen LogP contribution in [0.1, 0.15) is 43.4 Å². The van der Waals surface area contributed by atoms with Gasteiger partial charge in [0.25, 0.3) is 0 Å². The van der Waals surface area contributed by atoms with Gasteiger partial charge in [0.1, 0.15) is 5.82 Å². The monoisotopic (exact) mass is 391 g/mol. The number of benzene rings is 1. The molecule has 0 saturated carbocycles. The predicted molar refractivity (Wildman–Crippen MR) is 119 cm³/mol. The maximum Gasteiger partial charge on any atom is 0.217 e. The van der Waals surface area contributed by atoms with Gasteiger partial charge in [-0.25, -0.2) is 9.98 Å². The molecule has 2 heterocycles. The van der Waals surface area contributed by atoms with Crippen LogP contribution in [-0.4, -0.2) is 48.6 Å². The lowest BCUT2D eigenvalue weighted by Gasteiger charge is -2.34. The Morgan fingerprint density at radius 3 is 2.59 bits per heavy atom. The number of aromatic nitrogens is 1. The van der Waals surface area contributed by atoms with Crippen LogP contribution >= 0.6 is 0 Å². The van der Waals surface area contributed by atoms with Gasteiger partial charge in [-0.2, -0.15) is 0 Å². The number of aliphatic imine (C=N–C) groups is 2. The smallest absolute Gasteiger partial charge is 0.217 e. The number of amidine groups is 1.